The number of carboxylic acid groups (broad SMARTS) is 1. The molecule has 1 aromatic rings. The molecular weight excluding hydrogens is 272 g/mol. The lowest BCUT2D eigenvalue weighted by Crippen LogP contribution is -2.41. The zero-order chi connectivity index (χ0) is 15.1. The van der Waals surface area contributed by atoms with Crippen LogP contribution in [0.5, 0.6) is 0 Å². The molecule has 5 N–H and O–H groups in total. The first-order valence-electron chi connectivity index (χ1n) is 6.35. The average molecular weight is 292 g/mol. The number of aryl methyl sites for hydroxylation is 1. The van der Waals surface area contributed by atoms with Crippen LogP contribution in [0.1, 0.15) is 42.4 Å². The second kappa shape index (κ2) is 5.61. The summed E-state index contributed by atoms with van der Waals surface area (Å²) in [6.07, 6.45) is 1.53. The van der Waals surface area contributed by atoms with E-state index in [1.54, 1.807) is 13.8 Å². The van der Waals surface area contributed by atoms with Gasteiger partial charge in [-0.15, -0.1) is 0 Å². The molecule has 0 unspecified atom stereocenters. The summed E-state index contributed by atoms with van der Waals surface area (Å²) in [4.78, 5) is 31.7. The lowest BCUT2D eigenvalue weighted by Gasteiger charge is -2.21. The van der Waals surface area contributed by atoms with Crippen molar-refractivity contribution < 1.29 is 14.7 Å². The summed E-state index contributed by atoms with van der Waals surface area (Å²) < 4.78 is 0. The molecular formula is C14H20N4O3. The van der Waals surface area contributed by atoms with E-state index in [1.165, 1.54) is 12.3 Å². The molecule has 7 heteroatoms. The Labute approximate surface area is 123 Å². The number of hydrogen-bond acceptors (Lipinski definition) is 5. The van der Waals surface area contributed by atoms with Gasteiger partial charge in [0.1, 0.15) is 11.2 Å². The van der Waals surface area contributed by atoms with Gasteiger partial charge in [0.25, 0.3) is 5.91 Å². The summed E-state index contributed by atoms with van der Waals surface area (Å²) in [5, 5.41) is 13.8. The number of pyridine rings is 1. The van der Waals surface area contributed by atoms with E-state index < -0.39 is 11.5 Å². The van der Waals surface area contributed by atoms with Gasteiger partial charge in [-0.3, -0.25) is 9.78 Å². The Bertz CT molecular complexity index is 625. The van der Waals surface area contributed by atoms with Crippen LogP contribution < -0.4 is 16.6 Å². The third-order valence-corrected chi connectivity index (χ3v) is 3.63. The summed E-state index contributed by atoms with van der Waals surface area (Å²) in [6.45, 7) is 7.21. The fourth-order valence-electron chi connectivity index (χ4n) is 1.96. The highest BCUT2D eigenvalue weighted by molar-refractivity contribution is 6.17. The molecule has 0 fully saturated rings. The number of nitrogens with zero attached hydrogens (tertiary/aromatic N) is 2. The third kappa shape index (κ3) is 2.78. The highest BCUT2D eigenvalue weighted by Crippen LogP contribution is 2.27. The van der Waals surface area contributed by atoms with Crippen LogP contribution in [0.2, 0.25) is 0 Å². The average Bonchev–Trinajstić information content (AvgIpc) is 2.66. The smallest absolute Gasteiger partial charge is 0.253 e. The van der Waals surface area contributed by atoms with E-state index >= 15 is 0 Å². The first kappa shape index (κ1) is 16.8. The third-order valence-electron chi connectivity index (χ3n) is 3.63. The predicted molar refractivity (Wildman–Crippen MR) is 77.2 cm³/mol. The maximum absolute atomic E-state index is 12.1. The highest BCUT2D eigenvalue weighted by atomic mass is 16.4. The molecule has 2 heterocycles. The Balaban J connectivity index is 0.00000220. The van der Waals surface area contributed by atoms with Gasteiger partial charge in [0.05, 0.1) is 5.97 Å². The van der Waals surface area contributed by atoms with Gasteiger partial charge >= 0.3 is 0 Å². The van der Waals surface area contributed by atoms with E-state index in [2.05, 4.69) is 15.3 Å². The molecule has 0 saturated heterocycles. The van der Waals surface area contributed by atoms with Gasteiger partial charge < -0.3 is 21.4 Å². The summed E-state index contributed by atoms with van der Waals surface area (Å²) in [5.74, 6) is -1.43. The summed E-state index contributed by atoms with van der Waals surface area (Å²) in [5.41, 5.74) is -0.152. The number of hydrogen-bond donors (Lipinski definition) is 2. The summed E-state index contributed by atoms with van der Waals surface area (Å²) in [7, 11) is 0. The largest absolute Gasteiger partial charge is 0.545 e. The van der Waals surface area contributed by atoms with Crippen molar-refractivity contribution in [3.05, 3.63) is 29.1 Å². The fraction of sp³-hybridized carbons (Fsp3) is 0.429. The maximum Gasteiger partial charge on any atom is 0.253 e. The van der Waals surface area contributed by atoms with Crippen molar-refractivity contribution in [2.24, 2.45) is 10.9 Å². The molecule has 0 spiro atoms. The maximum atomic E-state index is 12.1. The van der Waals surface area contributed by atoms with Crippen LogP contribution in [0, 0.1) is 12.8 Å². The Hall–Kier alpha value is -2.28. The summed E-state index contributed by atoms with van der Waals surface area (Å²) >= 11 is 0. The number of amides is 1. The topological polar surface area (TPSA) is 131 Å². The van der Waals surface area contributed by atoms with Crippen molar-refractivity contribution in [3.63, 3.8) is 0 Å². The van der Waals surface area contributed by atoms with Crippen LogP contribution in [0.4, 0.5) is 0 Å². The lowest BCUT2D eigenvalue weighted by molar-refractivity contribution is -0.255. The van der Waals surface area contributed by atoms with Crippen molar-refractivity contribution >= 4 is 17.7 Å². The molecule has 0 saturated carbocycles. The fourth-order valence-corrected chi connectivity index (χ4v) is 1.96. The number of carboxylic acids is 1. The second-order valence-corrected chi connectivity index (χ2v) is 5.41. The Kier molecular flexibility index (Phi) is 4.48. The zero-order valence-electron chi connectivity index (χ0n) is 12.9. The van der Waals surface area contributed by atoms with Gasteiger partial charge in [-0.1, -0.05) is 13.8 Å². The number of aromatic carboxylic acids is 1. The molecule has 1 aliphatic rings. The van der Waals surface area contributed by atoms with Gasteiger partial charge in [-0.05, 0) is 31.4 Å². The van der Waals surface area contributed by atoms with Gasteiger partial charge in [0.2, 0.25) is 0 Å². The quantitative estimate of drug-likeness (QED) is 0.835. The first-order valence-corrected chi connectivity index (χ1v) is 6.35. The number of amidine groups is 1. The minimum absolute atomic E-state index is 0. The van der Waals surface area contributed by atoms with Crippen molar-refractivity contribution in [2.45, 2.75) is 33.2 Å². The van der Waals surface area contributed by atoms with E-state index in [4.69, 9.17) is 0 Å². The van der Waals surface area contributed by atoms with Gasteiger partial charge in [-0.25, -0.2) is 4.99 Å². The summed E-state index contributed by atoms with van der Waals surface area (Å²) in [6, 6.07) is 1.46. The lowest BCUT2D eigenvalue weighted by atomic mass is 9.89. The number of aliphatic imine (C=N–C) groups is 1. The molecule has 0 radical (unpaired) electrons. The number of quaternary nitrogens is 1. The number of rotatable bonds is 3. The molecule has 21 heavy (non-hydrogen) atoms. The molecule has 0 aromatic carbocycles. The molecule has 1 aliphatic heterocycles. The SMILES string of the molecule is Cc1cnc(C2=N[C@](C)(C(C)C)C(=O)N2)c(C(=O)[O-])c1.[NH4+]. The first-order chi connectivity index (χ1) is 9.25. The minimum atomic E-state index is -1.34. The highest BCUT2D eigenvalue weighted by Gasteiger charge is 2.42. The molecule has 1 amide bonds. The van der Waals surface area contributed by atoms with E-state index in [1.807, 2.05) is 13.8 Å². The molecule has 1 atom stereocenters. The number of nitrogens with one attached hydrogen (secondary N) is 1. The zero-order valence-corrected chi connectivity index (χ0v) is 12.9. The Morgan fingerprint density at radius 3 is 2.52 bits per heavy atom. The number of carbonyl (C=O) groups excluding carboxylic acids is 2. The number of carbonyl (C=O) groups is 2. The Morgan fingerprint density at radius 1 is 1.43 bits per heavy atom. The van der Waals surface area contributed by atoms with Crippen molar-refractivity contribution in [2.75, 3.05) is 0 Å². The van der Waals surface area contributed by atoms with Crippen molar-refractivity contribution in [1.29, 1.82) is 0 Å². The molecule has 7 nitrogen and oxygen atoms in total. The van der Waals surface area contributed by atoms with Gasteiger partial charge in [0, 0.05) is 11.8 Å². The van der Waals surface area contributed by atoms with Crippen molar-refractivity contribution in [3.8, 4) is 0 Å². The minimum Gasteiger partial charge on any atom is -0.545 e. The van der Waals surface area contributed by atoms with Crippen LogP contribution in [0.25, 0.3) is 0 Å². The van der Waals surface area contributed by atoms with Crippen LogP contribution >= 0.6 is 0 Å². The normalized spacial score (nSPS) is 20.8. The standard InChI is InChI=1S/C14H17N3O3.H3N/c1-7(2)14(4)13(20)16-11(17-14)10-9(12(18)19)5-8(3)6-15-10;/h5-7H,1-4H3,(H,18,19)(H,16,17,20);1H3/t14-;/m1./s1. The van der Waals surface area contributed by atoms with Gasteiger partial charge in [-0.2, -0.15) is 0 Å². The van der Waals surface area contributed by atoms with Crippen LogP contribution in [-0.4, -0.2) is 28.2 Å². The number of aromatic nitrogens is 1. The molecule has 0 bridgehead atoms. The molecule has 114 valence electrons. The molecule has 2 rings (SSSR count). The molecule has 0 aliphatic carbocycles. The predicted octanol–water partition coefficient (Wildman–Crippen LogP) is 0.421. The van der Waals surface area contributed by atoms with Crippen molar-refractivity contribution in [1.82, 2.24) is 16.5 Å². The van der Waals surface area contributed by atoms with Gasteiger partial charge in [0.15, 0.2) is 5.84 Å². The van der Waals surface area contributed by atoms with E-state index in [9.17, 15) is 14.7 Å². The monoisotopic (exact) mass is 292 g/mol. The van der Waals surface area contributed by atoms with E-state index in [0.717, 1.165) is 0 Å². The van der Waals surface area contributed by atoms with E-state index in [-0.39, 0.29) is 35.1 Å². The second-order valence-electron chi connectivity index (χ2n) is 5.41. The molecule has 1 aromatic heterocycles. The van der Waals surface area contributed by atoms with Crippen LogP contribution in [-0.2, 0) is 4.79 Å². The van der Waals surface area contributed by atoms with Crippen LogP contribution in [0.3, 0.4) is 0 Å². The Morgan fingerprint density at radius 2 is 2.05 bits per heavy atom. The van der Waals surface area contributed by atoms with E-state index in [0.29, 0.717) is 5.56 Å². The van der Waals surface area contributed by atoms with Crippen LogP contribution in [0.15, 0.2) is 17.3 Å².